The summed E-state index contributed by atoms with van der Waals surface area (Å²) < 4.78 is 5.59. The average molecular weight is 453 g/mol. The third-order valence-electron chi connectivity index (χ3n) is 5.17. The van der Waals surface area contributed by atoms with Gasteiger partial charge in [-0.1, -0.05) is 51.1 Å². The number of pyridine rings is 1. The van der Waals surface area contributed by atoms with E-state index in [-0.39, 0.29) is 5.82 Å². The van der Waals surface area contributed by atoms with Crippen LogP contribution in [0.5, 0.6) is 0 Å². The molecular weight excluding hydrogens is 420 g/mol. The van der Waals surface area contributed by atoms with Crippen molar-refractivity contribution >= 4 is 40.8 Å². The molecule has 0 unspecified atom stereocenters. The first-order chi connectivity index (χ1) is 14.6. The number of ether oxygens (including phenoxy) is 1. The molecule has 2 aliphatic heterocycles. The van der Waals surface area contributed by atoms with Crippen molar-refractivity contribution in [1.29, 1.82) is 0 Å². The highest BCUT2D eigenvalue weighted by Crippen LogP contribution is 2.40. The molecular formula is C21H33ClN6OS. The Bertz CT molecular complexity index is 806. The summed E-state index contributed by atoms with van der Waals surface area (Å²) in [4.78, 5) is 16.0. The molecule has 0 atom stereocenters. The Balaban J connectivity index is 0.000000757. The van der Waals surface area contributed by atoms with Gasteiger partial charge in [-0.15, -0.1) is 0 Å². The van der Waals surface area contributed by atoms with Crippen molar-refractivity contribution in [1.82, 2.24) is 15.0 Å². The molecule has 9 heteroatoms. The van der Waals surface area contributed by atoms with Gasteiger partial charge in [-0.3, -0.25) is 0 Å². The van der Waals surface area contributed by atoms with E-state index in [9.17, 15) is 0 Å². The summed E-state index contributed by atoms with van der Waals surface area (Å²) in [6, 6.07) is 1.78. The van der Waals surface area contributed by atoms with Crippen LogP contribution in [0.25, 0.3) is 0 Å². The lowest BCUT2D eigenvalue weighted by molar-refractivity contribution is 0.133. The molecule has 0 aliphatic carbocycles. The molecule has 1 spiro atoms. The lowest BCUT2D eigenvalue weighted by Gasteiger charge is -2.38. The molecule has 4 heterocycles. The van der Waals surface area contributed by atoms with Crippen LogP contribution in [0.1, 0.15) is 47.0 Å². The highest BCUT2D eigenvalue weighted by molar-refractivity contribution is 7.99. The van der Waals surface area contributed by atoms with E-state index < -0.39 is 0 Å². The monoisotopic (exact) mass is 452 g/mol. The molecule has 2 aromatic rings. The van der Waals surface area contributed by atoms with Crippen molar-refractivity contribution in [2.24, 2.45) is 5.41 Å². The fourth-order valence-electron chi connectivity index (χ4n) is 3.49. The Kier molecular flexibility index (Phi) is 9.45. The zero-order chi connectivity index (χ0) is 22.1. The van der Waals surface area contributed by atoms with Crippen molar-refractivity contribution in [3.63, 3.8) is 0 Å². The zero-order valence-electron chi connectivity index (χ0n) is 18.3. The first kappa shape index (κ1) is 24.5. The van der Waals surface area contributed by atoms with E-state index in [0.29, 0.717) is 21.3 Å². The van der Waals surface area contributed by atoms with Gasteiger partial charge in [0, 0.05) is 30.8 Å². The van der Waals surface area contributed by atoms with Gasteiger partial charge in [0.25, 0.3) is 0 Å². The van der Waals surface area contributed by atoms with Gasteiger partial charge in [0.15, 0.2) is 5.82 Å². The Labute approximate surface area is 189 Å². The summed E-state index contributed by atoms with van der Waals surface area (Å²) in [5, 5.41) is 1.02. The van der Waals surface area contributed by atoms with Crippen LogP contribution in [0.15, 0.2) is 28.4 Å². The number of rotatable bonds is 3. The van der Waals surface area contributed by atoms with E-state index in [4.69, 9.17) is 27.8 Å². The Morgan fingerprint density at radius 2 is 1.77 bits per heavy atom. The predicted molar refractivity (Wildman–Crippen MR) is 126 cm³/mol. The number of hydrogen-bond donors (Lipinski definition) is 2. The highest BCUT2D eigenvalue weighted by Gasteiger charge is 2.38. The van der Waals surface area contributed by atoms with Crippen LogP contribution in [-0.2, 0) is 4.74 Å². The standard InChI is InChI=1S/C17H21ClN6OS.2C2H6/c18-13-11(1-5-21-14(13)19)26-16-15(20)23-12(9-22-16)24-6-2-17(3-7-24)4-8-25-10-17;2*1-2/h1,5,9H,2-4,6-8,10H2,(H2,19,21)(H2,20,23);2*1-2H3. The second-order valence-corrected chi connectivity index (χ2v) is 8.23. The van der Waals surface area contributed by atoms with Crippen LogP contribution in [0.2, 0.25) is 5.02 Å². The molecule has 0 aromatic carbocycles. The fourth-order valence-corrected chi connectivity index (χ4v) is 4.51. The van der Waals surface area contributed by atoms with Crippen LogP contribution in [0.3, 0.4) is 0 Å². The van der Waals surface area contributed by atoms with Crippen molar-refractivity contribution in [2.75, 3.05) is 42.7 Å². The zero-order valence-corrected chi connectivity index (χ0v) is 19.9. The number of anilines is 3. The number of piperidine rings is 1. The molecule has 30 heavy (non-hydrogen) atoms. The first-order valence-electron chi connectivity index (χ1n) is 10.6. The molecule has 2 fully saturated rings. The second kappa shape index (κ2) is 11.6. The van der Waals surface area contributed by atoms with E-state index in [0.717, 1.165) is 49.9 Å². The molecule has 4 N–H and O–H groups in total. The number of nitrogens with zero attached hydrogens (tertiary/aromatic N) is 4. The number of nitrogen functional groups attached to an aromatic ring is 2. The smallest absolute Gasteiger partial charge is 0.158 e. The van der Waals surface area contributed by atoms with Gasteiger partial charge >= 0.3 is 0 Å². The molecule has 0 radical (unpaired) electrons. The lowest BCUT2D eigenvalue weighted by atomic mass is 9.78. The van der Waals surface area contributed by atoms with Crippen LogP contribution in [0.4, 0.5) is 17.5 Å². The lowest BCUT2D eigenvalue weighted by Crippen LogP contribution is -2.41. The van der Waals surface area contributed by atoms with E-state index in [1.807, 2.05) is 27.7 Å². The summed E-state index contributed by atoms with van der Waals surface area (Å²) in [5.41, 5.74) is 12.3. The molecule has 4 rings (SSSR count). The predicted octanol–water partition coefficient (Wildman–Crippen LogP) is 4.90. The summed E-state index contributed by atoms with van der Waals surface area (Å²) in [5.74, 6) is 1.50. The van der Waals surface area contributed by atoms with Crippen LogP contribution >= 0.6 is 23.4 Å². The molecule has 166 valence electrons. The van der Waals surface area contributed by atoms with E-state index in [1.54, 1.807) is 18.5 Å². The number of hydrogen-bond acceptors (Lipinski definition) is 8. The molecule has 2 aliphatic rings. The van der Waals surface area contributed by atoms with Gasteiger partial charge in [0.2, 0.25) is 0 Å². The van der Waals surface area contributed by atoms with Crippen molar-refractivity contribution in [2.45, 2.75) is 56.9 Å². The van der Waals surface area contributed by atoms with Gasteiger partial charge in [0.05, 0.1) is 17.8 Å². The maximum atomic E-state index is 6.19. The molecule has 0 amide bonds. The molecule has 2 aromatic heterocycles. The van der Waals surface area contributed by atoms with Gasteiger partial charge in [-0.25, -0.2) is 15.0 Å². The maximum Gasteiger partial charge on any atom is 0.158 e. The van der Waals surface area contributed by atoms with E-state index in [1.165, 1.54) is 18.2 Å². The van der Waals surface area contributed by atoms with Crippen molar-refractivity contribution in [3.05, 3.63) is 23.5 Å². The van der Waals surface area contributed by atoms with Crippen molar-refractivity contribution < 1.29 is 4.74 Å². The molecule has 0 bridgehead atoms. The summed E-state index contributed by atoms with van der Waals surface area (Å²) in [6.45, 7) is 11.7. The molecule has 2 saturated heterocycles. The molecule has 7 nitrogen and oxygen atoms in total. The van der Waals surface area contributed by atoms with E-state index >= 15 is 0 Å². The number of halogens is 1. The summed E-state index contributed by atoms with van der Waals surface area (Å²) in [6.07, 6.45) is 6.80. The van der Waals surface area contributed by atoms with Crippen LogP contribution < -0.4 is 16.4 Å². The minimum atomic E-state index is 0.290. The third kappa shape index (κ3) is 5.68. The van der Waals surface area contributed by atoms with Gasteiger partial charge in [-0.05, 0) is 30.7 Å². The van der Waals surface area contributed by atoms with Crippen LogP contribution in [0, 0.1) is 5.41 Å². The maximum absolute atomic E-state index is 6.19. The largest absolute Gasteiger partial charge is 0.382 e. The van der Waals surface area contributed by atoms with Gasteiger partial charge in [-0.2, -0.15) is 0 Å². The second-order valence-electron chi connectivity index (χ2n) is 6.82. The minimum Gasteiger partial charge on any atom is -0.382 e. The summed E-state index contributed by atoms with van der Waals surface area (Å²) in [7, 11) is 0. The van der Waals surface area contributed by atoms with Crippen LogP contribution in [-0.4, -0.2) is 41.3 Å². The number of nitrogens with two attached hydrogens (primary N) is 2. The fraction of sp³-hybridized carbons (Fsp3) is 0.571. The third-order valence-corrected chi connectivity index (χ3v) is 6.75. The van der Waals surface area contributed by atoms with Gasteiger partial charge in [0.1, 0.15) is 16.7 Å². The average Bonchev–Trinajstić information content (AvgIpc) is 3.24. The highest BCUT2D eigenvalue weighted by atomic mass is 35.5. The summed E-state index contributed by atoms with van der Waals surface area (Å²) >= 11 is 7.53. The molecule has 0 saturated carbocycles. The Morgan fingerprint density at radius 1 is 1.07 bits per heavy atom. The topological polar surface area (TPSA) is 103 Å². The normalized spacial score (nSPS) is 17.0. The number of aromatic nitrogens is 3. The Hall–Kier alpha value is -1.77. The van der Waals surface area contributed by atoms with Gasteiger partial charge < -0.3 is 21.1 Å². The van der Waals surface area contributed by atoms with Crippen molar-refractivity contribution in [3.8, 4) is 0 Å². The first-order valence-corrected chi connectivity index (χ1v) is 11.8. The SMILES string of the molecule is CC.CC.Nc1nc(N2CCC3(CCOC3)CC2)cnc1Sc1ccnc(N)c1Cl. The van der Waals surface area contributed by atoms with E-state index in [2.05, 4.69) is 19.9 Å². The Morgan fingerprint density at radius 3 is 2.37 bits per heavy atom. The quantitative estimate of drug-likeness (QED) is 0.677. The minimum absolute atomic E-state index is 0.290.